The fourth-order valence-electron chi connectivity index (χ4n) is 4.22. The maximum absolute atomic E-state index is 12.8. The zero-order valence-electron chi connectivity index (χ0n) is 15.9. The summed E-state index contributed by atoms with van der Waals surface area (Å²) < 4.78 is 1.88. The Labute approximate surface area is 183 Å². The minimum atomic E-state index is -0.186. The van der Waals surface area contributed by atoms with Crippen LogP contribution in [0.5, 0.6) is 0 Å². The van der Waals surface area contributed by atoms with Crippen LogP contribution in [0.3, 0.4) is 0 Å². The second kappa shape index (κ2) is 6.82. The van der Waals surface area contributed by atoms with Crippen molar-refractivity contribution in [1.82, 2.24) is 15.3 Å². The van der Waals surface area contributed by atoms with Crippen molar-refractivity contribution in [3.8, 4) is 0 Å². The van der Waals surface area contributed by atoms with Crippen LogP contribution in [0.1, 0.15) is 43.4 Å². The van der Waals surface area contributed by atoms with Crippen molar-refractivity contribution >= 4 is 34.5 Å². The molecule has 6 nitrogen and oxygen atoms in total. The SMILES string of the molecule is O=C1NC=C=Cc2c(C3C[I-]3)[nH]c3cc(NC(=O)C4CC4c4cccnc4)cc1c23. The first-order valence-electron chi connectivity index (χ1n) is 9.89. The van der Waals surface area contributed by atoms with E-state index >= 15 is 0 Å². The second-order valence-electron chi connectivity index (χ2n) is 7.83. The predicted octanol–water partition coefficient (Wildman–Crippen LogP) is 0.318. The van der Waals surface area contributed by atoms with Gasteiger partial charge >= 0.3 is 166 Å². The van der Waals surface area contributed by atoms with Crippen LogP contribution >= 0.6 is 0 Å². The first-order chi connectivity index (χ1) is 14.7. The normalized spacial score (nSPS) is 23.9. The van der Waals surface area contributed by atoms with E-state index in [9.17, 15) is 9.59 Å². The van der Waals surface area contributed by atoms with E-state index in [0.29, 0.717) is 15.2 Å². The van der Waals surface area contributed by atoms with Gasteiger partial charge in [-0.15, -0.1) is 0 Å². The molecule has 1 saturated heterocycles. The van der Waals surface area contributed by atoms with Crippen LogP contribution in [0.4, 0.5) is 5.69 Å². The predicted molar refractivity (Wildman–Crippen MR) is 110 cm³/mol. The molecule has 2 amide bonds. The number of aromatic amines is 1. The number of rotatable bonds is 4. The Bertz CT molecular complexity index is 1270. The summed E-state index contributed by atoms with van der Waals surface area (Å²) in [5, 5.41) is 6.70. The molecule has 0 radical (unpaired) electrons. The third-order valence-corrected chi connectivity index (χ3v) is 8.24. The third-order valence-electron chi connectivity index (χ3n) is 5.86. The molecule has 7 heteroatoms. The number of H-pyrrole nitrogens is 1. The number of hydrogen-bond donors (Lipinski definition) is 3. The van der Waals surface area contributed by atoms with Gasteiger partial charge in [0.05, 0.1) is 0 Å². The van der Waals surface area contributed by atoms with Gasteiger partial charge < -0.3 is 0 Å². The van der Waals surface area contributed by atoms with E-state index in [1.165, 1.54) is 10.1 Å². The topological polar surface area (TPSA) is 86.9 Å². The molecular weight excluding hydrogens is 491 g/mol. The summed E-state index contributed by atoms with van der Waals surface area (Å²) in [6, 6.07) is 7.64. The van der Waals surface area contributed by atoms with Gasteiger partial charge in [-0.3, -0.25) is 4.98 Å². The fraction of sp³-hybridized carbons (Fsp3) is 0.217. The molecule has 4 heterocycles. The Morgan fingerprint density at radius 3 is 3.03 bits per heavy atom. The summed E-state index contributed by atoms with van der Waals surface area (Å²) in [5.74, 6) is -0.0402. The van der Waals surface area contributed by atoms with Gasteiger partial charge in [-0.25, -0.2) is 0 Å². The van der Waals surface area contributed by atoms with Gasteiger partial charge in [0.2, 0.25) is 0 Å². The van der Waals surface area contributed by atoms with Crippen molar-refractivity contribution in [3.05, 3.63) is 71.0 Å². The van der Waals surface area contributed by atoms with E-state index in [1.807, 2.05) is 30.5 Å². The first kappa shape index (κ1) is 17.9. The Balaban J connectivity index is 1.34. The van der Waals surface area contributed by atoms with Crippen molar-refractivity contribution in [1.29, 1.82) is 0 Å². The summed E-state index contributed by atoms with van der Waals surface area (Å²) in [6.07, 6.45) is 7.88. The first-order valence-corrected chi connectivity index (χ1v) is 12.7. The molecule has 2 fully saturated rings. The van der Waals surface area contributed by atoms with Crippen molar-refractivity contribution in [3.63, 3.8) is 0 Å². The van der Waals surface area contributed by atoms with E-state index in [2.05, 4.69) is 26.3 Å². The number of aromatic nitrogens is 2. The molecule has 3 atom stereocenters. The van der Waals surface area contributed by atoms with E-state index in [1.54, 1.807) is 18.5 Å². The monoisotopic (exact) mass is 509 g/mol. The van der Waals surface area contributed by atoms with Gasteiger partial charge in [-0.2, -0.15) is 0 Å². The molecule has 3 N–H and O–H groups in total. The molecule has 1 aromatic carbocycles. The van der Waals surface area contributed by atoms with Gasteiger partial charge in [0.15, 0.2) is 0 Å². The van der Waals surface area contributed by atoms with Crippen molar-refractivity contribution in [2.45, 2.75) is 16.3 Å². The number of pyridine rings is 1. The van der Waals surface area contributed by atoms with Gasteiger partial charge in [0, 0.05) is 6.20 Å². The van der Waals surface area contributed by atoms with Crippen LogP contribution < -0.4 is 31.8 Å². The minimum absolute atomic E-state index is 0.0125. The van der Waals surface area contributed by atoms with Gasteiger partial charge in [-0.1, -0.05) is 0 Å². The van der Waals surface area contributed by atoms with Crippen LogP contribution in [-0.2, 0) is 4.79 Å². The third kappa shape index (κ3) is 3.05. The van der Waals surface area contributed by atoms with Crippen LogP contribution in [-0.4, -0.2) is 26.2 Å². The summed E-state index contributed by atoms with van der Waals surface area (Å²) in [6.45, 7) is 0. The number of hydrogen-bond acceptors (Lipinski definition) is 3. The molecule has 1 saturated carbocycles. The van der Waals surface area contributed by atoms with Crippen LogP contribution in [0, 0.1) is 5.92 Å². The molecule has 0 bridgehead atoms. The number of carbonyl (C=O) groups is 2. The molecule has 30 heavy (non-hydrogen) atoms. The Kier molecular flexibility index (Phi) is 4.07. The van der Waals surface area contributed by atoms with Crippen LogP contribution in [0.25, 0.3) is 17.0 Å². The summed E-state index contributed by atoms with van der Waals surface area (Å²) in [4.78, 5) is 33.3. The number of amides is 2. The van der Waals surface area contributed by atoms with Gasteiger partial charge in [0.25, 0.3) is 0 Å². The zero-order chi connectivity index (χ0) is 20.2. The number of anilines is 1. The summed E-state index contributed by atoms with van der Waals surface area (Å²) >= 11 is 0.207. The van der Waals surface area contributed by atoms with Gasteiger partial charge in [-0.05, 0) is 6.07 Å². The molecule has 6 rings (SSSR count). The molecule has 0 spiro atoms. The fourth-order valence-corrected chi connectivity index (χ4v) is 5.84. The van der Waals surface area contributed by atoms with Gasteiger partial charge in [0.1, 0.15) is 0 Å². The van der Waals surface area contributed by atoms with Crippen LogP contribution in [0.2, 0.25) is 0 Å². The van der Waals surface area contributed by atoms with Crippen molar-refractivity contribution in [2.24, 2.45) is 5.92 Å². The summed E-state index contributed by atoms with van der Waals surface area (Å²) in [7, 11) is 0. The molecule has 150 valence electrons. The Hall–Kier alpha value is -2.90. The molecule has 2 aromatic heterocycles. The number of halogens is 1. The molecule has 3 unspecified atom stereocenters. The van der Waals surface area contributed by atoms with E-state index in [-0.39, 0.29) is 44.9 Å². The Morgan fingerprint density at radius 1 is 1.33 bits per heavy atom. The number of nitrogens with zero attached hydrogens (tertiary/aromatic N) is 1. The second-order valence-corrected chi connectivity index (χ2v) is 11.1. The van der Waals surface area contributed by atoms with Crippen molar-refractivity contribution in [2.75, 3.05) is 9.74 Å². The number of benzene rings is 1. The zero-order valence-corrected chi connectivity index (χ0v) is 18.1. The Morgan fingerprint density at radius 2 is 2.23 bits per heavy atom. The van der Waals surface area contributed by atoms with E-state index in [0.717, 1.165) is 28.5 Å². The molecular formula is C23H18IN4O2-. The summed E-state index contributed by atoms with van der Waals surface area (Å²) in [5.41, 5.74) is 8.53. The number of alkyl halides is 2. The van der Waals surface area contributed by atoms with Crippen LogP contribution in [0.15, 0.2) is 48.6 Å². The quantitative estimate of drug-likeness (QED) is 0.269. The van der Waals surface area contributed by atoms with Crippen molar-refractivity contribution < 1.29 is 30.8 Å². The van der Waals surface area contributed by atoms with E-state index < -0.39 is 0 Å². The molecule has 1 aliphatic carbocycles. The molecule has 3 aromatic rings. The standard InChI is InChI=1S/C23H18IN4O2/c29-22-17-7-13(27-23(30)16-9-15(16)12-3-1-5-25-11-12)8-19-20(17)14(4-2-6-26-22)21(28-19)18-10-24-18/h1,3-8,11,15-16,18,28H,9-10H2,(H,26,29)(H,27,30)/q-1. The maximum atomic E-state index is 12.8. The average molecular weight is 509 g/mol. The van der Waals surface area contributed by atoms with E-state index in [4.69, 9.17) is 0 Å². The number of nitrogens with one attached hydrogen (secondary N) is 3. The molecule has 2 aliphatic heterocycles. The molecule has 3 aliphatic rings. The average Bonchev–Trinajstić information content (AvgIpc) is 3.66. The number of carbonyl (C=O) groups excluding carboxylic acids is 2.